The number of hydrogen-bond acceptors (Lipinski definition) is 4. The maximum atomic E-state index is 12.7. The lowest BCUT2D eigenvalue weighted by Gasteiger charge is -2.17. The van der Waals surface area contributed by atoms with Gasteiger partial charge in [-0.3, -0.25) is 14.4 Å². The Labute approximate surface area is 165 Å². The van der Waals surface area contributed by atoms with Crippen LogP contribution in [0.4, 0.5) is 5.69 Å². The van der Waals surface area contributed by atoms with Crippen LogP contribution in [0.25, 0.3) is 0 Å². The van der Waals surface area contributed by atoms with Gasteiger partial charge in [-0.05, 0) is 31.4 Å². The van der Waals surface area contributed by atoms with Crippen LogP contribution in [0.3, 0.4) is 0 Å². The summed E-state index contributed by atoms with van der Waals surface area (Å²) in [7, 11) is 0. The highest BCUT2D eigenvalue weighted by Crippen LogP contribution is 2.22. The summed E-state index contributed by atoms with van der Waals surface area (Å²) in [6.45, 7) is 4.41. The first-order chi connectivity index (χ1) is 13.6. The third-order valence-corrected chi connectivity index (χ3v) is 5.31. The van der Waals surface area contributed by atoms with Gasteiger partial charge in [-0.1, -0.05) is 25.5 Å². The molecule has 0 saturated carbocycles. The Morgan fingerprint density at radius 1 is 1.29 bits per heavy atom. The number of carbonyl (C=O) groups excluding carboxylic acids is 3. The van der Waals surface area contributed by atoms with Crippen molar-refractivity contribution in [3.8, 4) is 0 Å². The van der Waals surface area contributed by atoms with Crippen LogP contribution in [-0.2, 0) is 14.3 Å². The normalized spacial score (nSPS) is 21.8. The number of benzene rings is 1. The molecular formula is C21H29N3O4. The molecule has 1 aromatic carbocycles. The summed E-state index contributed by atoms with van der Waals surface area (Å²) in [5.74, 6) is -0.811. The number of hydrogen-bond donors (Lipinski definition) is 2. The minimum absolute atomic E-state index is 0.0243. The monoisotopic (exact) mass is 387 g/mol. The minimum Gasteiger partial charge on any atom is -0.376 e. The largest absolute Gasteiger partial charge is 0.376 e. The third kappa shape index (κ3) is 5.10. The molecule has 152 valence electrons. The molecule has 2 unspecified atom stereocenters. The van der Waals surface area contributed by atoms with Crippen molar-refractivity contribution < 1.29 is 19.1 Å². The van der Waals surface area contributed by atoms with Gasteiger partial charge in [0.15, 0.2) is 0 Å². The van der Waals surface area contributed by atoms with Gasteiger partial charge in [-0.15, -0.1) is 0 Å². The second-order valence-corrected chi connectivity index (χ2v) is 7.47. The van der Waals surface area contributed by atoms with Gasteiger partial charge in [0.2, 0.25) is 11.8 Å². The first kappa shape index (κ1) is 20.3. The number of nitrogens with zero attached hydrogens (tertiary/aromatic N) is 1. The Hall–Kier alpha value is -2.41. The van der Waals surface area contributed by atoms with Gasteiger partial charge in [0.1, 0.15) is 0 Å². The van der Waals surface area contributed by atoms with Crippen LogP contribution in [0.1, 0.15) is 49.4 Å². The molecule has 3 amide bonds. The van der Waals surface area contributed by atoms with Crippen molar-refractivity contribution in [3.05, 3.63) is 29.8 Å². The van der Waals surface area contributed by atoms with E-state index in [1.54, 1.807) is 29.2 Å². The van der Waals surface area contributed by atoms with E-state index in [2.05, 4.69) is 17.6 Å². The molecule has 1 aromatic rings. The van der Waals surface area contributed by atoms with Gasteiger partial charge < -0.3 is 20.3 Å². The number of amides is 3. The van der Waals surface area contributed by atoms with E-state index in [9.17, 15) is 14.4 Å². The Kier molecular flexibility index (Phi) is 7.03. The molecule has 0 radical (unpaired) electrons. The fourth-order valence-electron chi connectivity index (χ4n) is 3.64. The number of likely N-dealkylation sites (tertiary alicyclic amines) is 1. The van der Waals surface area contributed by atoms with Gasteiger partial charge in [0.05, 0.1) is 23.3 Å². The number of carbonyl (C=O) groups is 3. The molecule has 28 heavy (non-hydrogen) atoms. The summed E-state index contributed by atoms with van der Waals surface area (Å²) in [4.78, 5) is 39.1. The van der Waals surface area contributed by atoms with Crippen LogP contribution in [-0.4, -0.2) is 55.0 Å². The second-order valence-electron chi connectivity index (χ2n) is 7.47. The average molecular weight is 387 g/mol. The Morgan fingerprint density at radius 3 is 2.86 bits per heavy atom. The fraction of sp³-hybridized carbons (Fsp3) is 0.571. The van der Waals surface area contributed by atoms with E-state index in [1.807, 2.05) is 0 Å². The van der Waals surface area contributed by atoms with Crippen LogP contribution in [0.15, 0.2) is 24.3 Å². The lowest BCUT2D eigenvalue weighted by atomic mass is 10.1. The number of ether oxygens (including phenoxy) is 1. The summed E-state index contributed by atoms with van der Waals surface area (Å²) in [6.07, 6.45) is 4.20. The zero-order valence-corrected chi connectivity index (χ0v) is 16.4. The number of nitrogens with one attached hydrogen (secondary N) is 2. The molecule has 0 spiro atoms. The van der Waals surface area contributed by atoms with Gasteiger partial charge >= 0.3 is 0 Å². The van der Waals surface area contributed by atoms with Crippen molar-refractivity contribution in [2.45, 2.75) is 45.1 Å². The molecular weight excluding hydrogens is 358 g/mol. The minimum atomic E-state index is -0.382. The molecule has 2 fully saturated rings. The summed E-state index contributed by atoms with van der Waals surface area (Å²) < 4.78 is 5.53. The Bertz CT molecular complexity index is 715. The van der Waals surface area contributed by atoms with Crippen molar-refractivity contribution in [3.63, 3.8) is 0 Å². The molecule has 0 aromatic heterocycles. The van der Waals surface area contributed by atoms with Crippen molar-refractivity contribution in [1.82, 2.24) is 10.2 Å². The first-order valence-electron chi connectivity index (χ1n) is 10.2. The van der Waals surface area contributed by atoms with Crippen molar-refractivity contribution >= 4 is 23.4 Å². The summed E-state index contributed by atoms with van der Waals surface area (Å²) in [5, 5.41) is 5.73. The molecule has 2 heterocycles. The van der Waals surface area contributed by atoms with E-state index in [4.69, 9.17) is 4.74 Å². The Balaban J connectivity index is 1.58. The number of rotatable bonds is 8. The number of unbranched alkanes of at least 4 members (excludes halogenated alkanes) is 1. The maximum absolute atomic E-state index is 12.7. The molecule has 3 rings (SSSR count). The van der Waals surface area contributed by atoms with Crippen LogP contribution in [0, 0.1) is 5.92 Å². The van der Waals surface area contributed by atoms with E-state index in [1.165, 1.54) is 0 Å². The molecule has 2 atom stereocenters. The molecule has 2 aliphatic heterocycles. The molecule has 2 N–H and O–H groups in total. The molecule has 7 nitrogen and oxygen atoms in total. The molecule has 0 aliphatic carbocycles. The Morgan fingerprint density at radius 2 is 2.11 bits per heavy atom. The van der Waals surface area contributed by atoms with E-state index in [-0.39, 0.29) is 36.2 Å². The topological polar surface area (TPSA) is 87.7 Å². The molecule has 0 bridgehead atoms. The van der Waals surface area contributed by atoms with E-state index >= 15 is 0 Å². The van der Waals surface area contributed by atoms with Gasteiger partial charge in [0, 0.05) is 32.7 Å². The predicted molar refractivity (Wildman–Crippen MR) is 106 cm³/mol. The SMILES string of the molecule is CCCCN1CC(C(=O)Nc2ccccc2C(=O)NCC2CCCO2)CC1=O. The smallest absolute Gasteiger partial charge is 0.253 e. The molecule has 7 heteroatoms. The zero-order chi connectivity index (χ0) is 19.9. The van der Waals surface area contributed by atoms with Crippen molar-refractivity contribution in [2.75, 3.05) is 31.6 Å². The number of anilines is 1. The van der Waals surface area contributed by atoms with Crippen LogP contribution < -0.4 is 10.6 Å². The highest BCUT2D eigenvalue weighted by molar-refractivity contribution is 6.05. The van der Waals surface area contributed by atoms with Crippen LogP contribution in [0.5, 0.6) is 0 Å². The highest BCUT2D eigenvalue weighted by Gasteiger charge is 2.34. The number of para-hydroxylation sites is 1. The van der Waals surface area contributed by atoms with Crippen molar-refractivity contribution in [1.29, 1.82) is 0 Å². The average Bonchev–Trinajstić information content (AvgIpc) is 3.34. The van der Waals surface area contributed by atoms with E-state index in [0.29, 0.717) is 30.9 Å². The maximum Gasteiger partial charge on any atom is 0.253 e. The van der Waals surface area contributed by atoms with Gasteiger partial charge in [-0.25, -0.2) is 0 Å². The van der Waals surface area contributed by atoms with E-state index in [0.717, 1.165) is 32.3 Å². The molecule has 2 saturated heterocycles. The van der Waals surface area contributed by atoms with Gasteiger partial charge in [0.25, 0.3) is 5.91 Å². The lowest BCUT2D eigenvalue weighted by Crippen LogP contribution is -2.33. The zero-order valence-electron chi connectivity index (χ0n) is 16.4. The predicted octanol–water partition coefficient (Wildman–Crippen LogP) is 2.18. The summed E-state index contributed by atoms with van der Waals surface area (Å²) >= 11 is 0. The van der Waals surface area contributed by atoms with Crippen LogP contribution in [0.2, 0.25) is 0 Å². The third-order valence-electron chi connectivity index (χ3n) is 5.31. The van der Waals surface area contributed by atoms with Crippen molar-refractivity contribution in [2.24, 2.45) is 5.92 Å². The lowest BCUT2D eigenvalue weighted by molar-refractivity contribution is -0.128. The second kappa shape index (κ2) is 9.68. The standard InChI is InChI=1S/C21H29N3O4/c1-2-3-10-24-14-15(12-19(24)25)20(26)23-18-9-5-4-8-17(18)21(27)22-13-16-7-6-11-28-16/h4-5,8-9,15-16H,2-3,6-7,10-14H2,1H3,(H,22,27)(H,23,26). The van der Waals surface area contributed by atoms with E-state index < -0.39 is 0 Å². The summed E-state index contributed by atoms with van der Waals surface area (Å²) in [6, 6.07) is 6.94. The molecule has 2 aliphatic rings. The quantitative estimate of drug-likeness (QED) is 0.716. The van der Waals surface area contributed by atoms with Gasteiger partial charge in [-0.2, -0.15) is 0 Å². The highest BCUT2D eigenvalue weighted by atomic mass is 16.5. The fourth-order valence-corrected chi connectivity index (χ4v) is 3.64. The first-order valence-corrected chi connectivity index (χ1v) is 10.2. The summed E-state index contributed by atoms with van der Waals surface area (Å²) in [5.41, 5.74) is 0.887. The van der Waals surface area contributed by atoms with Crippen LogP contribution >= 0.6 is 0 Å².